The third-order valence-electron chi connectivity index (χ3n) is 2.68. The third-order valence-corrected chi connectivity index (χ3v) is 2.68. The molecule has 0 aliphatic heterocycles. The van der Waals surface area contributed by atoms with Gasteiger partial charge in [0.25, 0.3) is 0 Å². The van der Waals surface area contributed by atoms with E-state index in [9.17, 15) is 0 Å². The Hall–Kier alpha value is -1.67. The van der Waals surface area contributed by atoms with Crippen LogP contribution in [0.3, 0.4) is 0 Å². The molecule has 0 atom stereocenters. The Labute approximate surface area is 96.1 Å². The van der Waals surface area contributed by atoms with Crippen molar-refractivity contribution in [1.29, 1.82) is 0 Å². The highest BCUT2D eigenvalue weighted by molar-refractivity contribution is 5.63. The van der Waals surface area contributed by atoms with E-state index < -0.39 is 0 Å². The first-order chi connectivity index (χ1) is 7.81. The van der Waals surface area contributed by atoms with E-state index in [4.69, 9.17) is 5.73 Å². The summed E-state index contributed by atoms with van der Waals surface area (Å²) in [5, 5.41) is 0. The van der Waals surface area contributed by atoms with Gasteiger partial charge in [-0.2, -0.15) is 0 Å². The van der Waals surface area contributed by atoms with Crippen LogP contribution in [-0.2, 0) is 6.42 Å². The Bertz CT molecular complexity index is 460. The number of aromatic nitrogens is 1. The van der Waals surface area contributed by atoms with Crippen LogP contribution in [0.2, 0.25) is 0 Å². The molecule has 0 saturated heterocycles. The van der Waals surface area contributed by atoms with Crippen LogP contribution in [0.25, 0.3) is 11.3 Å². The fraction of sp³-hybridized carbons (Fsp3) is 0.214. The second-order valence-corrected chi connectivity index (χ2v) is 3.91. The highest BCUT2D eigenvalue weighted by Crippen LogP contribution is 2.20. The van der Waals surface area contributed by atoms with Crippen LogP contribution in [0.5, 0.6) is 0 Å². The lowest BCUT2D eigenvalue weighted by atomic mass is 10.0. The first kappa shape index (κ1) is 10.8. The highest BCUT2D eigenvalue weighted by atomic mass is 14.7. The van der Waals surface area contributed by atoms with Gasteiger partial charge in [-0.15, -0.1) is 0 Å². The molecule has 2 heteroatoms. The zero-order chi connectivity index (χ0) is 11.4. The van der Waals surface area contributed by atoms with Gasteiger partial charge in [-0.05, 0) is 37.1 Å². The quantitative estimate of drug-likeness (QED) is 0.849. The van der Waals surface area contributed by atoms with E-state index >= 15 is 0 Å². The monoisotopic (exact) mass is 212 g/mol. The summed E-state index contributed by atoms with van der Waals surface area (Å²) in [5.41, 5.74) is 10.2. The van der Waals surface area contributed by atoms with Crippen molar-refractivity contribution in [3.63, 3.8) is 0 Å². The third kappa shape index (κ3) is 2.28. The van der Waals surface area contributed by atoms with Crippen molar-refractivity contribution in [2.45, 2.75) is 13.3 Å². The molecule has 0 aliphatic rings. The minimum Gasteiger partial charge on any atom is -0.330 e. The first-order valence-electron chi connectivity index (χ1n) is 5.52. The summed E-state index contributed by atoms with van der Waals surface area (Å²) >= 11 is 0. The Kier molecular flexibility index (Phi) is 3.32. The van der Waals surface area contributed by atoms with E-state index in [2.05, 4.69) is 36.2 Å². The number of nitrogens with zero attached hydrogens (tertiary/aromatic N) is 1. The minimum atomic E-state index is 0.672. The molecule has 1 aromatic carbocycles. The fourth-order valence-electron chi connectivity index (χ4n) is 1.76. The Morgan fingerprint density at radius 1 is 1.12 bits per heavy atom. The molecule has 0 radical (unpaired) electrons. The van der Waals surface area contributed by atoms with Crippen molar-refractivity contribution < 1.29 is 0 Å². The van der Waals surface area contributed by atoms with Gasteiger partial charge >= 0.3 is 0 Å². The van der Waals surface area contributed by atoms with Gasteiger partial charge in [0.2, 0.25) is 0 Å². The molecule has 0 saturated carbocycles. The number of rotatable bonds is 3. The fourth-order valence-corrected chi connectivity index (χ4v) is 1.76. The number of hydrogen-bond donors (Lipinski definition) is 1. The molecule has 2 rings (SSSR count). The Morgan fingerprint density at radius 3 is 2.56 bits per heavy atom. The normalized spacial score (nSPS) is 10.4. The Balaban J connectivity index is 2.31. The van der Waals surface area contributed by atoms with E-state index in [0.717, 1.165) is 12.1 Å². The van der Waals surface area contributed by atoms with Gasteiger partial charge in [0.15, 0.2) is 0 Å². The van der Waals surface area contributed by atoms with E-state index in [0.29, 0.717) is 6.54 Å². The molecule has 82 valence electrons. The molecule has 0 bridgehead atoms. The van der Waals surface area contributed by atoms with Gasteiger partial charge in [0, 0.05) is 11.8 Å². The van der Waals surface area contributed by atoms with Gasteiger partial charge in [-0.1, -0.05) is 30.3 Å². The van der Waals surface area contributed by atoms with E-state index in [-0.39, 0.29) is 0 Å². The van der Waals surface area contributed by atoms with Gasteiger partial charge < -0.3 is 5.73 Å². The van der Waals surface area contributed by atoms with E-state index in [1.807, 2.05) is 18.3 Å². The van der Waals surface area contributed by atoms with Crippen LogP contribution in [0.1, 0.15) is 11.1 Å². The average molecular weight is 212 g/mol. The van der Waals surface area contributed by atoms with Gasteiger partial charge in [0.05, 0.1) is 5.69 Å². The molecule has 2 aromatic rings. The van der Waals surface area contributed by atoms with Crippen molar-refractivity contribution in [3.05, 3.63) is 53.7 Å². The summed E-state index contributed by atoms with van der Waals surface area (Å²) in [7, 11) is 0. The molecule has 2 nitrogen and oxygen atoms in total. The second kappa shape index (κ2) is 4.90. The van der Waals surface area contributed by atoms with Gasteiger partial charge in [-0.3, -0.25) is 4.98 Å². The van der Waals surface area contributed by atoms with Crippen molar-refractivity contribution in [2.24, 2.45) is 5.73 Å². The summed E-state index contributed by atoms with van der Waals surface area (Å²) < 4.78 is 0. The molecule has 0 amide bonds. The van der Waals surface area contributed by atoms with Crippen molar-refractivity contribution in [3.8, 4) is 11.3 Å². The van der Waals surface area contributed by atoms with E-state index in [1.165, 1.54) is 16.7 Å². The average Bonchev–Trinajstić information content (AvgIpc) is 2.31. The van der Waals surface area contributed by atoms with Crippen LogP contribution < -0.4 is 5.73 Å². The highest BCUT2D eigenvalue weighted by Gasteiger charge is 2.01. The molecule has 0 fully saturated rings. The molecule has 0 unspecified atom stereocenters. The van der Waals surface area contributed by atoms with Crippen LogP contribution in [-0.4, -0.2) is 11.5 Å². The zero-order valence-corrected chi connectivity index (χ0v) is 9.48. The number of benzene rings is 1. The molecule has 0 spiro atoms. The van der Waals surface area contributed by atoms with Crippen molar-refractivity contribution >= 4 is 0 Å². The van der Waals surface area contributed by atoms with Crippen LogP contribution in [0, 0.1) is 6.92 Å². The number of pyridine rings is 1. The summed E-state index contributed by atoms with van der Waals surface area (Å²) in [4.78, 5) is 4.47. The van der Waals surface area contributed by atoms with Crippen LogP contribution >= 0.6 is 0 Å². The largest absolute Gasteiger partial charge is 0.330 e. The maximum Gasteiger partial charge on any atom is 0.0704 e. The first-order valence-corrected chi connectivity index (χ1v) is 5.52. The molecule has 1 aromatic heterocycles. The molecule has 2 N–H and O–H groups in total. The number of hydrogen-bond acceptors (Lipinski definition) is 2. The lowest BCUT2D eigenvalue weighted by molar-refractivity contribution is 0.959. The van der Waals surface area contributed by atoms with Crippen LogP contribution in [0.4, 0.5) is 0 Å². The lowest BCUT2D eigenvalue weighted by Crippen LogP contribution is -2.02. The lowest BCUT2D eigenvalue weighted by Gasteiger charge is -2.05. The maximum atomic E-state index is 5.51. The standard InChI is InChI=1S/C14H16N2/c1-11-4-2-3-5-13(11)14-7-6-12(8-9-15)10-16-14/h2-7,10H,8-9,15H2,1H3. The number of aryl methyl sites for hydroxylation is 1. The maximum absolute atomic E-state index is 5.51. The van der Waals surface area contributed by atoms with E-state index in [1.54, 1.807) is 0 Å². The van der Waals surface area contributed by atoms with Crippen molar-refractivity contribution in [2.75, 3.05) is 6.54 Å². The molecular weight excluding hydrogens is 196 g/mol. The summed E-state index contributed by atoms with van der Waals surface area (Å²) in [5.74, 6) is 0. The molecule has 16 heavy (non-hydrogen) atoms. The van der Waals surface area contributed by atoms with Gasteiger partial charge in [0.1, 0.15) is 0 Å². The SMILES string of the molecule is Cc1ccccc1-c1ccc(CCN)cn1. The summed E-state index contributed by atoms with van der Waals surface area (Å²) in [6.07, 6.45) is 2.80. The van der Waals surface area contributed by atoms with Crippen molar-refractivity contribution in [1.82, 2.24) is 4.98 Å². The second-order valence-electron chi connectivity index (χ2n) is 3.91. The summed E-state index contributed by atoms with van der Waals surface area (Å²) in [6.45, 7) is 2.77. The topological polar surface area (TPSA) is 38.9 Å². The predicted molar refractivity (Wildman–Crippen MR) is 67.2 cm³/mol. The van der Waals surface area contributed by atoms with Gasteiger partial charge in [-0.25, -0.2) is 0 Å². The smallest absolute Gasteiger partial charge is 0.0704 e. The Morgan fingerprint density at radius 2 is 1.94 bits per heavy atom. The van der Waals surface area contributed by atoms with Crippen LogP contribution in [0.15, 0.2) is 42.6 Å². The zero-order valence-electron chi connectivity index (χ0n) is 9.48. The minimum absolute atomic E-state index is 0.672. The molecule has 1 heterocycles. The predicted octanol–water partition coefficient (Wildman–Crippen LogP) is 2.56. The summed E-state index contributed by atoms with van der Waals surface area (Å²) in [6, 6.07) is 12.4. The number of nitrogens with two attached hydrogens (primary N) is 1. The molecular formula is C14H16N2. The molecule has 0 aliphatic carbocycles.